The Morgan fingerprint density at radius 3 is 2.62 bits per heavy atom. The molecule has 0 atom stereocenters. The molecule has 0 bridgehead atoms. The third-order valence-electron chi connectivity index (χ3n) is 4.58. The molecule has 1 saturated heterocycles. The van der Waals surface area contributed by atoms with Crippen molar-refractivity contribution in [1.29, 1.82) is 0 Å². The largest absolute Gasteiger partial charge is 0.486 e. The van der Waals surface area contributed by atoms with Crippen molar-refractivity contribution in [3.8, 4) is 11.5 Å². The van der Waals surface area contributed by atoms with Crippen molar-refractivity contribution >= 4 is 5.78 Å². The number of piperidine rings is 1. The second kappa shape index (κ2) is 6.06. The van der Waals surface area contributed by atoms with E-state index in [9.17, 15) is 4.79 Å². The Labute approximate surface area is 125 Å². The zero-order chi connectivity index (χ0) is 14.7. The monoisotopic (exact) mass is 289 g/mol. The second-order valence-electron chi connectivity index (χ2n) is 5.97. The van der Waals surface area contributed by atoms with Gasteiger partial charge in [-0.15, -0.1) is 0 Å². The van der Waals surface area contributed by atoms with Crippen LogP contribution in [-0.2, 0) is 0 Å². The van der Waals surface area contributed by atoms with Gasteiger partial charge in [0, 0.05) is 11.0 Å². The van der Waals surface area contributed by atoms with Crippen molar-refractivity contribution in [3.05, 3.63) is 23.8 Å². The van der Waals surface area contributed by atoms with Crippen molar-refractivity contribution in [3.63, 3.8) is 0 Å². The predicted octanol–water partition coefficient (Wildman–Crippen LogP) is 2.81. The maximum absolute atomic E-state index is 13.1. The molecule has 0 aliphatic carbocycles. The summed E-state index contributed by atoms with van der Waals surface area (Å²) in [6.45, 7) is 5.13. The molecule has 21 heavy (non-hydrogen) atoms. The Balaban J connectivity index is 1.88. The van der Waals surface area contributed by atoms with E-state index >= 15 is 0 Å². The van der Waals surface area contributed by atoms with Crippen LogP contribution in [0.3, 0.4) is 0 Å². The topological polar surface area (TPSA) is 47.6 Å². The van der Waals surface area contributed by atoms with Crippen LogP contribution in [0.15, 0.2) is 18.2 Å². The third-order valence-corrected chi connectivity index (χ3v) is 4.58. The summed E-state index contributed by atoms with van der Waals surface area (Å²) in [7, 11) is 0. The maximum Gasteiger partial charge on any atom is 0.169 e. The van der Waals surface area contributed by atoms with E-state index in [1.807, 2.05) is 18.2 Å². The first-order valence-corrected chi connectivity index (χ1v) is 7.90. The molecule has 3 rings (SSSR count). The van der Waals surface area contributed by atoms with E-state index in [4.69, 9.17) is 9.47 Å². The molecular weight excluding hydrogens is 266 g/mol. The average molecular weight is 289 g/mol. The van der Waals surface area contributed by atoms with E-state index in [0.717, 1.165) is 50.1 Å². The van der Waals surface area contributed by atoms with E-state index in [2.05, 4.69) is 12.2 Å². The second-order valence-corrected chi connectivity index (χ2v) is 5.97. The first-order valence-electron chi connectivity index (χ1n) is 7.90. The van der Waals surface area contributed by atoms with Crippen molar-refractivity contribution in [2.24, 2.45) is 5.41 Å². The van der Waals surface area contributed by atoms with Crippen molar-refractivity contribution in [1.82, 2.24) is 5.32 Å². The molecule has 0 saturated carbocycles. The molecule has 0 aromatic heterocycles. The van der Waals surface area contributed by atoms with Gasteiger partial charge >= 0.3 is 0 Å². The molecule has 0 radical (unpaired) electrons. The molecule has 2 aliphatic heterocycles. The number of Topliss-reactive ketones (excluding diaryl/α,β-unsaturated/α-hetero) is 1. The lowest BCUT2D eigenvalue weighted by atomic mass is 9.70. The highest BCUT2D eigenvalue weighted by Crippen LogP contribution is 2.39. The van der Waals surface area contributed by atoms with Crippen LogP contribution in [0.25, 0.3) is 0 Å². The number of hydrogen-bond acceptors (Lipinski definition) is 4. The molecule has 4 nitrogen and oxygen atoms in total. The first-order chi connectivity index (χ1) is 10.2. The van der Waals surface area contributed by atoms with Gasteiger partial charge in [0.2, 0.25) is 0 Å². The quantitative estimate of drug-likeness (QED) is 0.866. The summed E-state index contributed by atoms with van der Waals surface area (Å²) in [6, 6.07) is 5.61. The van der Waals surface area contributed by atoms with Gasteiger partial charge in [-0.25, -0.2) is 0 Å². The molecule has 1 fully saturated rings. The van der Waals surface area contributed by atoms with E-state index in [1.54, 1.807) is 0 Å². The normalized spacial score (nSPS) is 20.0. The number of fused-ring (bicyclic) bond motifs is 1. The minimum absolute atomic E-state index is 0.205. The molecule has 1 aromatic rings. The third kappa shape index (κ3) is 2.77. The van der Waals surface area contributed by atoms with Gasteiger partial charge in [-0.1, -0.05) is 13.3 Å². The van der Waals surface area contributed by atoms with Crippen LogP contribution >= 0.6 is 0 Å². The van der Waals surface area contributed by atoms with Crippen LogP contribution in [0.5, 0.6) is 11.5 Å². The average Bonchev–Trinajstić information content (AvgIpc) is 2.55. The Morgan fingerprint density at radius 1 is 1.19 bits per heavy atom. The molecular formula is C17H23NO3. The molecule has 2 aliphatic rings. The van der Waals surface area contributed by atoms with Gasteiger partial charge in [0.05, 0.1) is 0 Å². The Bertz CT molecular complexity index is 515. The van der Waals surface area contributed by atoms with Crippen molar-refractivity contribution in [2.45, 2.75) is 32.6 Å². The fraction of sp³-hybridized carbons (Fsp3) is 0.588. The van der Waals surface area contributed by atoms with Crippen LogP contribution in [0.2, 0.25) is 0 Å². The number of ether oxygens (including phenoxy) is 2. The van der Waals surface area contributed by atoms with Crippen LogP contribution < -0.4 is 14.8 Å². The maximum atomic E-state index is 13.1. The summed E-state index contributed by atoms with van der Waals surface area (Å²) >= 11 is 0. The minimum atomic E-state index is -0.205. The minimum Gasteiger partial charge on any atom is -0.486 e. The van der Waals surface area contributed by atoms with Crippen LogP contribution in [-0.4, -0.2) is 32.1 Å². The summed E-state index contributed by atoms with van der Waals surface area (Å²) in [5.74, 6) is 1.71. The molecule has 114 valence electrons. The molecule has 0 unspecified atom stereocenters. The summed E-state index contributed by atoms with van der Waals surface area (Å²) in [4.78, 5) is 13.1. The lowest BCUT2D eigenvalue weighted by molar-refractivity contribution is 0.0703. The highest BCUT2D eigenvalue weighted by molar-refractivity contribution is 6.01. The number of carbonyl (C=O) groups excluding carboxylic acids is 1. The van der Waals surface area contributed by atoms with E-state index in [1.165, 1.54) is 0 Å². The summed E-state index contributed by atoms with van der Waals surface area (Å²) < 4.78 is 11.1. The lowest BCUT2D eigenvalue weighted by Crippen LogP contribution is -2.42. The molecule has 1 aromatic carbocycles. The van der Waals surface area contributed by atoms with Gasteiger partial charge in [0.1, 0.15) is 13.2 Å². The van der Waals surface area contributed by atoms with Gasteiger partial charge in [-0.2, -0.15) is 0 Å². The highest BCUT2D eigenvalue weighted by atomic mass is 16.6. The molecule has 0 spiro atoms. The summed E-state index contributed by atoms with van der Waals surface area (Å²) in [5, 5.41) is 3.36. The van der Waals surface area contributed by atoms with Gasteiger partial charge in [-0.05, 0) is 50.6 Å². The Morgan fingerprint density at radius 2 is 1.90 bits per heavy atom. The van der Waals surface area contributed by atoms with Crippen LogP contribution in [0, 0.1) is 5.41 Å². The Kier molecular flexibility index (Phi) is 4.15. The standard InChI is InChI=1S/C17H23NO3/c1-2-5-17(6-8-18-9-7-17)16(19)13-3-4-14-15(12-13)21-11-10-20-14/h3-4,12,18H,2,5-11H2,1H3. The number of nitrogens with one attached hydrogen (secondary N) is 1. The predicted molar refractivity (Wildman–Crippen MR) is 81.2 cm³/mol. The van der Waals surface area contributed by atoms with E-state index in [-0.39, 0.29) is 11.2 Å². The fourth-order valence-electron chi connectivity index (χ4n) is 3.47. The fourth-order valence-corrected chi connectivity index (χ4v) is 3.47. The first kappa shape index (κ1) is 14.4. The number of rotatable bonds is 4. The molecule has 1 N–H and O–H groups in total. The van der Waals surface area contributed by atoms with E-state index < -0.39 is 0 Å². The van der Waals surface area contributed by atoms with Crippen LogP contribution in [0.1, 0.15) is 43.0 Å². The van der Waals surface area contributed by atoms with Crippen LogP contribution in [0.4, 0.5) is 0 Å². The van der Waals surface area contributed by atoms with Crippen molar-refractivity contribution < 1.29 is 14.3 Å². The molecule has 2 heterocycles. The number of benzene rings is 1. The number of ketones is 1. The summed E-state index contributed by atoms with van der Waals surface area (Å²) in [6.07, 6.45) is 3.85. The van der Waals surface area contributed by atoms with E-state index in [0.29, 0.717) is 19.0 Å². The lowest BCUT2D eigenvalue weighted by Gasteiger charge is -2.36. The number of hydrogen-bond donors (Lipinski definition) is 1. The van der Waals surface area contributed by atoms with Gasteiger partial charge in [0.15, 0.2) is 17.3 Å². The van der Waals surface area contributed by atoms with Gasteiger partial charge in [-0.3, -0.25) is 4.79 Å². The Hall–Kier alpha value is -1.55. The SMILES string of the molecule is CCCC1(C(=O)c2ccc3c(c2)OCCO3)CCNCC1. The van der Waals surface area contributed by atoms with Crippen molar-refractivity contribution in [2.75, 3.05) is 26.3 Å². The van der Waals surface area contributed by atoms with Gasteiger partial charge < -0.3 is 14.8 Å². The van der Waals surface area contributed by atoms with Gasteiger partial charge in [0.25, 0.3) is 0 Å². The summed E-state index contributed by atoms with van der Waals surface area (Å²) in [5.41, 5.74) is 0.554. The zero-order valence-corrected chi connectivity index (χ0v) is 12.6. The smallest absolute Gasteiger partial charge is 0.169 e. The highest BCUT2D eigenvalue weighted by Gasteiger charge is 2.39. The molecule has 0 amide bonds. The zero-order valence-electron chi connectivity index (χ0n) is 12.6. The molecule has 4 heteroatoms. The number of carbonyl (C=O) groups is 1.